The van der Waals surface area contributed by atoms with Crippen LogP contribution in [0.25, 0.3) is 0 Å². The summed E-state index contributed by atoms with van der Waals surface area (Å²) in [6.45, 7) is 9.17. The average molecular weight is 291 g/mol. The van der Waals surface area contributed by atoms with Crippen LogP contribution in [0.15, 0.2) is 12.3 Å². The highest BCUT2D eigenvalue weighted by Gasteiger charge is 2.17. The van der Waals surface area contributed by atoms with E-state index < -0.39 is 0 Å². The normalized spacial score (nSPS) is 19.0. The Hall–Kier alpha value is -1.13. The molecule has 0 amide bonds. The largest absolute Gasteiger partial charge is 0.376 e. The van der Waals surface area contributed by atoms with Gasteiger partial charge >= 0.3 is 0 Å². The van der Waals surface area contributed by atoms with Gasteiger partial charge in [-0.3, -0.25) is 0 Å². The fraction of sp³-hybridized carbons (Fsp3) is 0.706. The van der Waals surface area contributed by atoms with Crippen molar-refractivity contribution in [2.45, 2.75) is 58.7 Å². The van der Waals surface area contributed by atoms with E-state index in [1.165, 1.54) is 30.4 Å². The Kier molecular flexibility index (Phi) is 6.00. The third-order valence-corrected chi connectivity index (χ3v) is 3.93. The van der Waals surface area contributed by atoms with Crippen LogP contribution in [-0.2, 0) is 11.3 Å². The molecule has 1 N–H and O–H groups in total. The van der Waals surface area contributed by atoms with Gasteiger partial charge in [-0.15, -0.1) is 0 Å². The quantitative estimate of drug-likeness (QED) is 0.874. The second kappa shape index (κ2) is 7.76. The molecule has 1 saturated heterocycles. The van der Waals surface area contributed by atoms with Crippen LogP contribution in [0.1, 0.15) is 44.2 Å². The number of pyridine rings is 1. The molecule has 0 spiro atoms. The molecule has 4 nitrogen and oxygen atoms in total. The molecule has 2 heterocycles. The summed E-state index contributed by atoms with van der Waals surface area (Å²) in [5.74, 6) is 1.07. The highest BCUT2D eigenvalue weighted by atomic mass is 16.5. The zero-order valence-corrected chi connectivity index (χ0v) is 13.9. The van der Waals surface area contributed by atoms with E-state index in [1.54, 1.807) is 0 Å². The van der Waals surface area contributed by atoms with Crippen LogP contribution in [0.3, 0.4) is 0 Å². The minimum atomic E-state index is 0.354. The molecule has 0 aliphatic carbocycles. The Morgan fingerprint density at radius 2 is 2.24 bits per heavy atom. The number of nitrogens with zero attached hydrogens (tertiary/aromatic N) is 2. The Bertz CT molecular complexity index is 442. The molecule has 1 aromatic heterocycles. The number of nitrogens with one attached hydrogen (secondary N) is 1. The zero-order valence-electron chi connectivity index (χ0n) is 13.9. The molecule has 0 saturated carbocycles. The standard InChI is InChI=1S/C17H29N3O/c1-13(2)18-10-15-9-14(3)17(19-11-15)20(4)12-16-7-5-6-8-21-16/h9,11,13,16,18H,5-8,10,12H2,1-4H3. The van der Waals surface area contributed by atoms with Crippen LogP contribution >= 0.6 is 0 Å². The predicted molar refractivity (Wildman–Crippen MR) is 87.8 cm³/mol. The van der Waals surface area contributed by atoms with E-state index in [2.05, 4.69) is 49.1 Å². The number of aryl methyl sites for hydroxylation is 1. The molecule has 2 rings (SSSR count). The van der Waals surface area contributed by atoms with E-state index in [-0.39, 0.29) is 0 Å². The van der Waals surface area contributed by atoms with Gasteiger partial charge < -0.3 is 15.0 Å². The number of rotatable bonds is 6. The van der Waals surface area contributed by atoms with Gasteiger partial charge in [-0.25, -0.2) is 4.98 Å². The maximum atomic E-state index is 5.82. The number of likely N-dealkylation sites (N-methyl/N-ethyl adjacent to an activating group) is 1. The minimum absolute atomic E-state index is 0.354. The van der Waals surface area contributed by atoms with Gasteiger partial charge in [-0.1, -0.05) is 13.8 Å². The number of aromatic nitrogens is 1. The molecular weight excluding hydrogens is 262 g/mol. The van der Waals surface area contributed by atoms with Gasteiger partial charge in [-0.05, 0) is 43.4 Å². The second-order valence-corrected chi connectivity index (χ2v) is 6.39. The molecule has 1 aromatic rings. The van der Waals surface area contributed by atoms with Gasteiger partial charge in [0.1, 0.15) is 5.82 Å². The van der Waals surface area contributed by atoms with Crippen molar-refractivity contribution in [2.75, 3.05) is 25.1 Å². The molecule has 118 valence electrons. The van der Waals surface area contributed by atoms with Crippen molar-refractivity contribution < 1.29 is 4.74 Å². The Morgan fingerprint density at radius 1 is 1.43 bits per heavy atom. The van der Waals surface area contributed by atoms with Crippen LogP contribution in [-0.4, -0.2) is 37.3 Å². The minimum Gasteiger partial charge on any atom is -0.376 e. The van der Waals surface area contributed by atoms with E-state index in [1.807, 2.05) is 6.20 Å². The highest BCUT2D eigenvalue weighted by molar-refractivity contribution is 5.46. The molecule has 4 heteroatoms. The average Bonchev–Trinajstić information content (AvgIpc) is 2.46. The van der Waals surface area contributed by atoms with E-state index in [0.29, 0.717) is 12.1 Å². The lowest BCUT2D eigenvalue weighted by atomic mass is 10.1. The number of hydrogen-bond donors (Lipinski definition) is 1. The van der Waals surface area contributed by atoms with Gasteiger partial charge in [0, 0.05) is 39.0 Å². The molecule has 0 radical (unpaired) electrons. The van der Waals surface area contributed by atoms with Crippen LogP contribution in [0.4, 0.5) is 5.82 Å². The monoisotopic (exact) mass is 291 g/mol. The smallest absolute Gasteiger partial charge is 0.131 e. The van der Waals surface area contributed by atoms with Crippen molar-refractivity contribution >= 4 is 5.82 Å². The van der Waals surface area contributed by atoms with Crippen molar-refractivity contribution in [3.05, 3.63) is 23.4 Å². The maximum Gasteiger partial charge on any atom is 0.131 e. The molecule has 0 aromatic carbocycles. The topological polar surface area (TPSA) is 37.4 Å². The number of hydrogen-bond acceptors (Lipinski definition) is 4. The van der Waals surface area contributed by atoms with Gasteiger partial charge in [0.05, 0.1) is 6.10 Å². The first-order valence-corrected chi connectivity index (χ1v) is 8.08. The van der Waals surface area contributed by atoms with Gasteiger partial charge in [0.2, 0.25) is 0 Å². The Balaban J connectivity index is 1.95. The zero-order chi connectivity index (χ0) is 15.2. The number of ether oxygens (including phenoxy) is 1. The summed E-state index contributed by atoms with van der Waals surface area (Å²) in [5.41, 5.74) is 2.48. The molecule has 1 unspecified atom stereocenters. The maximum absolute atomic E-state index is 5.82. The summed E-state index contributed by atoms with van der Waals surface area (Å²) in [6, 6.07) is 2.73. The summed E-state index contributed by atoms with van der Waals surface area (Å²) in [6.07, 6.45) is 5.99. The van der Waals surface area contributed by atoms with Gasteiger partial charge in [-0.2, -0.15) is 0 Å². The van der Waals surface area contributed by atoms with Crippen LogP contribution in [0.5, 0.6) is 0 Å². The van der Waals surface area contributed by atoms with Crippen LogP contribution in [0, 0.1) is 6.92 Å². The lowest BCUT2D eigenvalue weighted by Gasteiger charge is -2.29. The lowest BCUT2D eigenvalue weighted by Crippen LogP contribution is -2.34. The van der Waals surface area contributed by atoms with E-state index in [9.17, 15) is 0 Å². The molecule has 1 atom stereocenters. The number of anilines is 1. The first-order valence-electron chi connectivity index (χ1n) is 8.08. The second-order valence-electron chi connectivity index (χ2n) is 6.39. The summed E-state index contributed by atoms with van der Waals surface area (Å²) in [4.78, 5) is 6.88. The third-order valence-electron chi connectivity index (χ3n) is 3.93. The molecule has 0 bridgehead atoms. The molecule has 1 fully saturated rings. The highest BCUT2D eigenvalue weighted by Crippen LogP contribution is 2.20. The van der Waals surface area contributed by atoms with E-state index >= 15 is 0 Å². The summed E-state index contributed by atoms with van der Waals surface area (Å²) >= 11 is 0. The summed E-state index contributed by atoms with van der Waals surface area (Å²) < 4.78 is 5.82. The Labute approximate surface area is 128 Å². The summed E-state index contributed by atoms with van der Waals surface area (Å²) in [5, 5.41) is 3.43. The van der Waals surface area contributed by atoms with Crippen molar-refractivity contribution in [1.82, 2.24) is 10.3 Å². The van der Waals surface area contributed by atoms with Gasteiger partial charge in [0.15, 0.2) is 0 Å². The SMILES string of the molecule is Cc1cc(CNC(C)C)cnc1N(C)CC1CCCCO1. The van der Waals surface area contributed by atoms with Gasteiger partial charge in [0.25, 0.3) is 0 Å². The van der Waals surface area contributed by atoms with Crippen molar-refractivity contribution in [2.24, 2.45) is 0 Å². The third kappa shape index (κ3) is 4.97. The molecule has 21 heavy (non-hydrogen) atoms. The van der Waals surface area contributed by atoms with E-state index in [4.69, 9.17) is 4.74 Å². The lowest BCUT2D eigenvalue weighted by molar-refractivity contribution is 0.0215. The predicted octanol–water partition coefficient (Wildman–Crippen LogP) is 2.89. The Morgan fingerprint density at radius 3 is 2.86 bits per heavy atom. The van der Waals surface area contributed by atoms with Crippen molar-refractivity contribution in [3.63, 3.8) is 0 Å². The van der Waals surface area contributed by atoms with Crippen LogP contribution < -0.4 is 10.2 Å². The van der Waals surface area contributed by atoms with E-state index in [0.717, 1.165) is 25.5 Å². The molecule has 1 aliphatic rings. The fourth-order valence-electron chi connectivity index (χ4n) is 2.79. The molecule has 1 aliphatic heterocycles. The molecular formula is C17H29N3O. The first-order chi connectivity index (χ1) is 10.1. The van der Waals surface area contributed by atoms with Crippen molar-refractivity contribution in [1.29, 1.82) is 0 Å². The van der Waals surface area contributed by atoms with Crippen LogP contribution in [0.2, 0.25) is 0 Å². The fourth-order valence-corrected chi connectivity index (χ4v) is 2.79. The van der Waals surface area contributed by atoms with Crippen molar-refractivity contribution in [3.8, 4) is 0 Å². The summed E-state index contributed by atoms with van der Waals surface area (Å²) in [7, 11) is 2.11. The first kappa shape index (κ1) is 16.2.